The summed E-state index contributed by atoms with van der Waals surface area (Å²) in [5.41, 5.74) is 6.45. The molecule has 29 heavy (non-hydrogen) atoms. The quantitative estimate of drug-likeness (QED) is 0.563. The Bertz CT molecular complexity index is 1210. The van der Waals surface area contributed by atoms with Crippen LogP contribution in [0.25, 0.3) is 16.9 Å². The SMILES string of the molecule is Cc1nn(-c2ccccc2)cc1-c1ccnc(Nc2ccc3c(c2)CCC3=O)n1. The Hall–Kier alpha value is -3.80. The molecular formula is C23H19N5O. The number of ketones is 1. The third-order valence-corrected chi connectivity index (χ3v) is 5.13. The van der Waals surface area contributed by atoms with Gasteiger partial charge >= 0.3 is 0 Å². The molecule has 6 nitrogen and oxygen atoms in total. The number of carbonyl (C=O) groups is 1. The first kappa shape index (κ1) is 17.3. The summed E-state index contributed by atoms with van der Waals surface area (Å²) in [5, 5.41) is 7.88. The van der Waals surface area contributed by atoms with Gasteiger partial charge in [-0.3, -0.25) is 4.79 Å². The summed E-state index contributed by atoms with van der Waals surface area (Å²) in [4.78, 5) is 20.8. The third kappa shape index (κ3) is 3.29. The molecule has 0 bridgehead atoms. The Kier molecular flexibility index (Phi) is 4.17. The predicted octanol–water partition coefficient (Wildman–Crippen LogP) is 4.51. The zero-order valence-corrected chi connectivity index (χ0v) is 16.0. The molecule has 0 spiro atoms. The van der Waals surface area contributed by atoms with Crippen LogP contribution in [0.4, 0.5) is 11.6 Å². The highest BCUT2D eigenvalue weighted by atomic mass is 16.1. The molecule has 142 valence electrons. The average Bonchev–Trinajstić information content (AvgIpc) is 3.32. The fourth-order valence-corrected chi connectivity index (χ4v) is 3.66. The Balaban J connectivity index is 1.44. The van der Waals surface area contributed by atoms with Crippen LogP contribution in [0.15, 0.2) is 67.0 Å². The molecule has 0 radical (unpaired) electrons. The van der Waals surface area contributed by atoms with Crippen molar-refractivity contribution in [2.24, 2.45) is 0 Å². The number of anilines is 2. The van der Waals surface area contributed by atoms with E-state index in [2.05, 4.69) is 20.4 Å². The topological polar surface area (TPSA) is 72.7 Å². The Labute approximate surface area is 168 Å². The number of hydrogen-bond acceptors (Lipinski definition) is 5. The lowest BCUT2D eigenvalue weighted by atomic mass is 10.1. The van der Waals surface area contributed by atoms with Crippen LogP contribution in [0, 0.1) is 6.92 Å². The van der Waals surface area contributed by atoms with Gasteiger partial charge < -0.3 is 5.32 Å². The number of fused-ring (bicyclic) bond motifs is 1. The Morgan fingerprint density at radius 1 is 1.00 bits per heavy atom. The van der Waals surface area contributed by atoms with Gasteiger partial charge in [-0.15, -0.1) is 0 Å². The lowest BCUT2D eigenvalue weighted by Crippen LogP contribution is -1.99. The van der Waals surface area contributed by atoms with Gasteiger partial charge in [0, 0.05) is 35.6 Å². The van der Waals surface area contributed by atoms with Crippen molar-refractivity contribution in [1.82, 2.24) is 19.7 Å². The summed E-state index contributed by atoms with van der Waals surface area (Å²) in [5.74, 6) is 0.731. The molecule has 0 aliphatic heterocycles. The molecule has 4 aromatic rings. The van der Waals surface area contributed by atoms with Crippen molar-refractivity contribution in [2.45, 2.75) is 19.8 Å². The number of nitrogens with zero attached hydrogens (tertiary/aromatic N) is 4. The molecule has 0 saturated heterocycles. The van der Waals surface area contributed by atoms with Crippen LogP contribution in [0.2, 0.25) is 0 Å². The lowest BCUT2D eigenvalue weighted by Gasteiger charge is -2.08. The van der Waals surface area contributed by atoms with Crippen LogP contribution in [0.5, 0.6) is 0 Å². The first-order chi connectivity index (χ1) is 14.2. The van der Waals surface area contributed by atoms with E-state index < -0.39 is 0 Å². The molecule has 1 aliphatic carbocycles. The molecule has 0 saturated carbocycles. The van der Waals surface area contributed by atoms with E-state index >= 15 is 0 Å². The Morgan fingerprint density at radius 2 is 1.86 bits per heavy atom. The molecule has 1 N–H and O–H groups in total. The van der Waals surface area contributed by atoms with Crippen molar-refractivity contribution >= 4 is 17.4 Å². The number of Topliss-reactive ketones (excluding diaryl/α,β-unsaturated/α-hetero) is 1. The van der Waals surface area contributed by atoms with Gasteiger partial charge in [0.25, 0.3) is 0 Å². The van der Waals surface area contributed by atoms with Gasteiger partial charge in [-0.1, -0.05) is 18.2 Å². The number of aryl methyl sites for hydroxylation is 2. The van der Waals surface area contributed by atoms with Gasteiger partial charge in [0.15, 0.2) is 5.78 Å². The first-order valence-corrected chi connectivity index (χ1v) is 9.56. The fraction of sp³-hybridized carbons (Fsp3) is 0.130. The van der Waals surface area contributed by atoms with Gasteiger partial charge in [-0.05, 0) is 55.3 Å². The number of aromatic nitrogens is 4. The van der Waals surface area contributed by atoms with E-state index in [9.17, 15) is 4.79 Å². The monoisotopic (exact) mass is 381 g/mol. The van der Waals surface area contributed by atoms with Crippen molar-refractivity contribution in [3.8, 4) is 16.9 Å². The minimum Gasteiger partial charge on any atom is -0.324 e. The molecule has 0 amide bonds. The van der Waals surface area contributed by atoms with E-state index in [0.717, 1.165) is 45.9 Å². The zero-order valence-electron chi connectivity index (χ0n) is 16.0. The van der Waals surface area contributed by atoms with E-state index in [4.69, 9.17) is 0 Å². The fourth-order valence-electron chi connectivity index (χ4n) is 3.66. The number of para-hydroxylation sites is 1. The van der Waals surface area contributed by atoms with Crippen molar-refractivity contribution in [2.75, 3.05) is 5.32 Å². The average molecular weight is 381 g/mol. The second-order valence-electron chi connectivity index (χ2n) is 7.09. The van der Waals surface area contributed by atoms with Gasteiger partial charge in [0.05, 0.1) is 17.1 Å². The standard InChI is InChI=1S/C23H19N5O/c1-15-20(14-28(27-15)18-5-3-2-4-6-18)21-11-12-24-23(26-21)25-17-8-9-19-16(13-17)7-10-22(19)29/h2-6,8-9,11-14H,7,10H2,1H3,(H,24,25,26). The van der Waals surface area contributed by atoms with Gasteiger partial charge in [-0.2, -0.15) is 5.10 Å². The maximum absolute atomic E-state index is 11.8. The van der Waals surface area contributed by atoms with Gasteiger partial charge in [0.2, 0.25) is 5.95 Å². The smallest absolute Gasteiger partial charge is 0.227 e. The van der Waals surface area contributed by atoms with Crippen LogP contribution in [-0.4, -0.2) is 25.5 Å². The van der Waals surface area contributed by atoms with E-state index in [1.54, 1.807) is 6.20 Å². The minimum atomic E-state index is 0.218. The lowest BCUT2D eigenvalue weighted by molar-refractivity contribution is 0.0994. The van der Waals surface area contributed by atoms with Crippen molar-refractivity contribution in [3.63, 3.8) is 0 Å². The summed E-state index contributed by atoms with van der Waals surface area (Å²) in [6.07, 6.45) is 5.11. The molecule has 6 heteroatoms. The largest absolute Gasteiger partial charge is 0.324 e. The summed E-state index contributed by atoms with van der Waals surface area (Å²) in [6, 6.07) is 17.7. The molecule has 0 fully saturated rings. The molecule has 5 rings (SSSR count). The van der Waals surface area contributed by atoms with Gasteiger partial charge in [-0.25, -0.2) is 14.6 Å². The van der Waals surface area contributed by atoms with E-state index in [0.29, 0.717) is 12.4 Å². The zero-order chi connectivity index (χ0) is 19.8. The second kappa shape index (κ2) is 6.98. The van der Waals surface area contributed by atoms with E-state index in [1.165, 1.54) is 0 Å². The maximum Gasteiger partial charge on any atom is 0.227 e. The van der Waals surface area contributed by atoms with Gasteiger partial charge in [0.1, 0.15) is 0 Å². The van der Waals surface area contributed by atoms with Crippen LogP contribution in [0.1, 0.15) is 28.0 Å². The minimum absolute atomic E-state index is 0.218. The summed E-state index contributed by atoms with van der Waals surface area (Å²) < 4.78 is 1.86. The highest BCUT2D eigenvalue weighted by Gasteiger charge is 2.19. The number of carbonyl (C=O) groups excluding carboxylic acids is 1. The normalized spacial score (nSPS) is 12.8. The molecule has 0 atom stereocenters. The van der Waals surface area contributed by atoms with E-state index in [-0.39, 0.29) is 5.78 Å². The third-order valence-electron chi connectivity index (χ3n) is 5.13. The highest BCUT2D eigenvalue weighted by Crippen LogP contribution is 2.27. The summed E-state index contributed by atoms with van der Waals surface area (Å²) in [6.45, 7) is 1.97. The highest BCUT2D eigenvalue weighted by molar-refractivity contribution is 6.00. The van der Waals surface area contributed by atoms with Crippen LogP contribution in [-0.2, 0) is 6.42 Å². The molecule has 0 unspecified atom stereocenters. The molecule has 2 aromatic heterocycles. The van der Waals surface area contributed by atoms with Crippen molar-refractivity contribution < 1.29 is 4.79 Å². The van der Waals surface area contributed by atoms with Crippen molar-refractivity contribution in [3.05, 3.63) is 83.8 Å². The first-order valence-electron chi connectivity index (χ1n) is 9.56. The van der Waals surface area contributed by atoms with Crippen LogP contribution < -0.4 is 5.32 Å². The van der Waals surface area contributed by atoms with Crippen molar-refractivity contribution in [1.29, 1.82) is 0 Å². The summed E-state index contributed by atoms with van der Waals surface area (Å²) in [7, 11) is 0. The predicted molar refractivity (Wildman–Crippen MR) is 112 cm³/mol. The maximum atomic E-state index is 11.8. The number of hydrogen-bond donors (Lipinski definition) is 1. The molecule has 1 aliphatic rings. The number of rotatable bonds is 4. The van der Waals surface area contributed by atoms with Crippen LogP contribution in [0.3, 0.4) is 0 Å². The number of nitrogens with one attached hydrogen (secondary N) is 1. The molecular weight excluding hydrogens is 362 g/mol. The summed E-state index contributed by atoms with van der Waals surface area (Å²) >= 11 is 0. The molecule has 2 heterocycles. The number of benzene rings is 2. The van der Waals surface area contributed by atoms with E-state index in [1.807, 2.05) is 72.4 Å². The second-order valence-corrected chi connectivity index (χ2v) is 7.09. The Morgan fingerprint density at radius 3 is 2.72 bits per heavy atom. The van der Waals surface area contributed by atoms with Crippen LogP contribution >= 0.6 is 0 Å². The molecule has 2 aromatic carbocycles.